The SMILES string of the molecule is CCNC(=NCc1ccsc1)NCC(=O)Nc1cccnc1. The van der Waals surface area contributed by atoms with E-state index in [2.05, 4.69) is 31.3 Å². The van der Waals surface area contributed by atoms with Gasteiger partial charge in [-0.3, -0.25) is 9.78 Å². The lowest BCUT2D eigenvalue weighted by Crippen LogP contribution is -2.41. The molecule has 1 amide bonds. The molecule has 2 aromatic rings. The monoisotopic (exact) mass is 317 g/mol. The minimum absolute atomic E-state index is 0.143. The van der Waals surface area contributed by atoms with E-state index in [1.807, 2.05) is 18.4 Å². The lowest BCUT2D eigenvalue weighted by Gasteiger charge is -2.11. The molecule has 0 unspecified atom stereocenters. The maximum absolute atomic E-state index is 11.9. The predicted molar refractivity (Wildman–Crippen MR) is 90.0 cm³/mol. The van der Waals surface area contributed by atoms with Crippen LogP contribution in [0.1, 0.15) is 12.5 Å². The minimum Gasteiger partial charge on any atom is -0.357 e. The van der Waals surface area contributed by atoms with Crippen molar-refractivity contribution in [3.05, 3.63) is 46.9 Å². The number of carbonyl (C=O) groups is 1. The van der Waals surface area contributed by atoms with Crippen molar-refractivity contribution in [2.75, 3.05) is 18.4 Å². The van der Waals surface area contributed by atoms with Crippen LogP contribution in [0, 0.1) is 0 Å². The van der Waals surface area contributed by atoms with E-state index in [-0.39, 0.29) is 12.5 Å². The summed E-state index contributed by atoms with van der Waals surface area (Å²) in [5, 5.41) is 13.0. The van der Waals surface area contributed by atoms with Crippen molar-refractivity contribution in [1.82, 2.24) is 15.6 Å². The van der Waals surface area contributed by atoms with Crippen LogP contribution in [0.25, 0.3) is 0 Å². The van der Waals surface area contributed by atoms with Gasteiger partial charge < -0.3 is 16.0 Å². The first-order valence-electron chi connectivity index (χ1n) is 7.01. The lowest BCUT2D eigenvalue weighted by atomic mass is 10.3. The second-order valence-electron chi connectivity index (χ2n) is 4.47. The number of nitrogens with zero attached hydrogens (tertiary/aromatic N) is 2. The molecule has 2 heterocycles. The molecule has 2 rings (SSSR count). The van der Waals surface area contributed by atoms with E-state index in [0.29, 0.717) is 18.2 Å². The highest BCUT2D eigenvalue weighted by atomic mass is 32.1. The van der Waals surface area contributed by atoms with Gasteiger partial charge in [-0.05, 0) is 41.4 Å². The van der Waals surface area contributed by atoms with Gasteiger partial charge in [0.1, 0.15) is 0 Å². The molecule has 22 heavy (non-hydrogen) atoms. The topological polar surface area (TPSA) is 78.4 Å². The summed E-state index contributed by atoms with van der Waals surface area (Å²) < 4.78 is 0. The Balaban J connectivity index is 1.83. The Kier molecular flexibility index (Phi) is 6.38. The van der Waals surface area contributed by atoms with Crippen molar-refractivity contribution in [2.24, 2.45) is 4.99 Å². The van der Waals surface area contributed by atoms with Crippen molar-refractivity contribution in [2.45, 2.75) is 13.5 Å². The molecule has 116 valence electrons. The van der Waals surface area contributed by atoms with E-state index in [0.717, 1.165) is 12.1 Å². The highest BCUT2D eigenvalue weighted by Crippen LogP contribution is 2.06. The second kappa shape index (κ2) is 8.78. The molecule has 0 saturated heterocycles. The highest BCUT2D eigenvalue weighted by Gasteiger charge is 2.04. The summed E-state index contributed by atoms with van der Waals surface area (Å²) in [6, 6.07) is 5.60. The van der Waals surface area contributed by atoms with E-state index in [1.54, 1.807) is 35.9 Å². The van der Waals surface area contributed by atoms with Crippen molar-refractivity contribution in [3.63, 3.8) is 0 Å². The van der Waals surface area contributed by atoms with Gasteiger partial charge in [-0.2, -0.15) is 11.3 Å². The molecule has 0 radical (unpaired) electrons. The van der Waals surface area contributed by atoms with Gasteiger partial charge in [0.05, 0.1) is 25.0 Å². The summed E-state index contributed by atoms with van der Waals surface area (Å²) in [6.45, 7) is 3.45. The fraction of sp³-hybridized carbons (Fsp3) is 0.267. The van der Waals surface area contributed by atoms with Crippen molar-refractivity contribution >= 4 is 28.9 Å². The molecular weight excluding hydrogens is 298 g/mol. The molecule has 0 aliphatic rings. The number of amides is 1. The Hall–Kier alpha value is -2.41. The number of carbonyl (C=O) groups excluding carboxylic acids is 1. The predicted octanol–water partition coefficient (Wildman–Crippen LogP) is 1.84. The number of aromatic nitrogens is 1. The Morgan fingerprint density at radius 2 is 2.27 bits per heavy atom. The number of guanidine groups is 1. The molecule has 0 fully saturated rings. The quantitative estimate of drug-likeness (QED) is 0.561. The molecule has 0 aromatic carbocycles. The normalized spacial score (nSPS) is 11.0. The van der Waals surface area contributed by atoms with Gasteiger partial charge in [0.15, 0.2) is 5.96 Å². The number of nitrogens with one attached hydrogen (secondary N) is 3. The van der Waals surface area contributed by atoms with Crippen LogP contribution in [0.15, 0.2) is 46.3 Å². The Bertz CT molecular complexity index is 598. The summed E-state index contributed by atoms with van der Waals surface area (Å²) in [4.78, 5) is 20.3. The standard InChI is InChI=1S/C15H19N5OS/c1-2-17-15(18-8-12-5-7-22-11-12)19-10-14(21)20-13-4-3-6-16-9-13/h3-7,9,11H,2,8,10H2,1H3,(H,20,21)(H2,17,18,19). The van der Waals surface area contributed by atoms with Gasteiger partial charge >= 0.3 is 0 Å². The molecule has 0 aliphatic heterocycles. The van der Waals surface area contributed by atoms with Gasteiger partial charge in [0.2, 0.25) is 5.91 Å². The van der Waals surface area contributed by atoms with Crippen molar-refractivity contribution in [1.29, 1.82) is 0 Å². The first-order valence-corrected chi connectivity index (χ1v) is 7.95. The fourth-order valence-electron chi connectivity index (χ4n) is 1.70. The van der Waals surface area contributed by atoms with E-state index in [9.17, 15) is 4.79 Å². The highest BCUT2D eigenvalue weighted by molar-refractivity contribution is 7.07. The number of thiophene rings is 1. The maximum Gasteiger partial charge on any atom is 0.243 e. The van der Waals surface area contributed by atoms with Crippen LogP contribution >= 0.6 is 11.3 Å². The fourth-order valence-corrected chi connectivity index (χ4v) is 2.36. The molecule has 0 atom stereocenters. The molecular formula is C15H19N5OS. The van der Waals surface area contributed by atoms with Crippen molar-refractivity contribution < 1.29 is 4.79 Å². The smallest absolute Gasteiger partial charge is 0.243 e. The number of aliphatic imine (C=N–C) groups is 1. The number of rotatable bonds is 6. The summed E-state index contributed by atoms with van der Waals surface area (Å²) in [6.07, 6.45) is 3.27. The third-order valence-corrected chi connectivity index (χ3v) is 3.44. The first-order chi connectivity index (χ1) is 10.8. The van der Waals surface area contributed by atoms with Crippen LogP contribution in [-0.4, -0.2) is 29.9 Å². The largest absolute Gasteiger partial charge is 0.357 e. The maximum atomic E-state index is 11.9. The number of hydrogen-bond acceptors (Lipinski definition) is 4. The van der Waals surface area contributed by atoms with Gasteiger partial charge in [-0.15, -0.1) is 0 Å². The molecule has 0 saturated carbocycles. The zero-order valence-corrected chi connectivity index (χ0v) is 13.2. The van der Waals surface area contributed by atoms with Crippen LogP contribution in [-0.2, 0) is 11.3 Å². The van der Waals surface area contributed by atoms with E-state index in [1.165, 1.54) is 0 Å². The van der Waals surface area contributed by atoms with Crippen LogP contribution in [0.2, 0.25) is 0 Å². The van der Waals surface area contributed by atoms with Crippen molar-refractivity contribution in [3.8, 4) is 0 Å². The zero-order chi connectivity index (χ0) is 15.6. The minimum atomic E-state index is -0.144. The molecule has 0 spiro atoms. The molecule has 7 heteroatoms. The lowest BCUT2D eigenvalue weighted by molar-refractivity contribution is -0.115. The third kappa shape index (κ3) is 5.53. The summed E-state index contributed by atoms with van der Waals surface area (Å²) >= 11 is 1.64. The van der Waals surface area contributed by atoms with Crippen LogP contribution in [0.3, 0.4) is 0 Å². The summed E-state index contributed by atoms with van der Waals surface area (Å²) in [5.41, 5.74) is 1.83. The van der Waals surface area contributed by atoms with Crippen LogP contribution < -0.4 is 16.0 Å². The average molecular weight is 317 g/mol. The molecule has 0 aliphatic carbocycles. The third-order valence-electron chi connectivity index (χ3n) is 2.71. The average Bonchev–Trinajstić information content (AvgIpc) is 3.04. The van der Waals surface area contributed by atoms with E-state index < -0.39 is 0 Å². The van der Waals surface area contributed by atoms with Gasteiger partial charge in [-0.1, -0.05) is 0 Å². The zero-order valence-electron chi connectivity index (χ0n) is 12.4. The second-order valence-corrected chi connectivity index (χ2v) is 5.25. The van der Waals surface area contributed by atoms with Crippen LogP contribution in [0.4, 0.5) is 5.69 Å². The molecule has 2 aromatic heterocycles. The summed E-state index contributed by atoms with van der Waals surface area (Å²) in [7, 11) is 0. The van der Waals surface area contributed by atoms with Gasteiger partial charge in [0, 0.05) is 12.7 Å². The molecule has 3 N–H and O–H groups in total. The van der Waals surface area contributed by atoms with Crippen LogP contribution in [0.5, 0.6) is 0 Å². The van der Waals surface area contributed by atoms with Gasteiger partial charge in [0.25, 0.3) is 0 Å². The van der Waals surface area contributed by atoms with E-state index in [4.69, 9.17) is 0 Å². The van der Waals surface area contributed by atoms with E-state index >= 15 is 0 Å². The summed E-state index contributed by atoms with van der Waals surface area (Å²) in [5.74, 6) is 0.476. The number of pyridine rings is 1. The number of anilines is 1. The molecule has 6 nitrogen and oxygen atoms in total. The Labute approximate surface area is 133 Å². The Morgan fingerprint density at radius 1 is 1.36 bits per heavy atom. The number of hydrogen-bond donors (Lipinski definition) is 3. The molecule has 0 bridgehead atoms. The first kappa shape index (κ1) is 16.0. The Morgan fingerprint density at radius 3 is 2.95 bits per heavy atom. The van der Waals surface area contributed by atoms with Gasteiger partial charge in [-0.25, -0.2) is 4.99 Å².